The molecule has 2 rings (SSSR count). The van der Waals surface area contributed by atoms with Gasteiger partial charge in [0, 0.05) is 11.7 Å². The van der Waals surface area contributed by atoms with Crippen LogP contribution in [0.3, 0.4) is 0 Å². The Bertz CT molecular complexity index is 675. The first kappa shape index (κ1) is 18.8. The molecule has 132 valence electrons. The number of hydrogen-bond acceptors (Lipinski definition) is 5. The zero-order valence-corrected chi connectivity index (χ0v) is 14.8. The summed E-state index contributed by atoms with van der Waals surface area (Å²) in [7, 11) is -2.95. The molecule has 1 aliphatic heterocycles. The monoisotopic (exact) mass is 371 g/mol. The maximum Gasteiger partial charge on any atom is 0.303 e. The van der Waals surface area contributed by atoms with Crippen molar-refractivity contribution in [2.24, 2.45) is 0 Å². The van der Waals surface area contributed by atoms with E-state index in [9.17, 15) is 18.0 Å². The Kier molecular flexibility index (Phi) is 6.68. The van der Waals surface area contributed by atoms with Crippen LogP contribution in [0.4, 0.5) is 0 Å². The molecule has 0 aliphatic carbocycles. The molecular weight excluding hydrogens is 350 g/mol. The van der Waals surface area contributed by atoms with Crippen molar-refractivity contribution in [3.63, 3.8) is 0 Å². The van der Waals surface area contributed by atoms with Gasteiger partial charge in [-0.1, -0.05) is 30.3 Å². The molecule has 0 saturated carbocycles. The van der Waals surface area contributed by atoms with Gasteiger partial charge in [-0.3, -0.25) is 9.59 Å². The second-order valence-corrected chi connectivity index (χ2v) is 9.32. The van der Waals surface area contributed by atoms with E-state index in [2.05, 4.69) is 5.32 Å². The highest BCUT2D eigenvalue weighted by Crippen LogP contribution is 2.25. The van der Waals surface area contributed by atoms with Crippen LogP contribution in [0.2, 0.25) is 0 Å². The Labute approximate surface area is 145 Å². The number of carbonyl (C=O) groups excluding carboxylic acids is 1. The zero-order chi connectivity index (χ0) is 17.6. The van der Waals surface area contributed by atoms with E-state index in [0.29, 0.717) is 12.8 Å². The average molecular weight is 371 g/mol. The average Bonchev–Trinajstić information content (AvgIpc) is 2.89. The molecule has 2 unspecified atom stereocenters. The Morgan fingerprint density at radius 3 is 2.58 bits per heavy atom. The number of sulfone groups is 1. The van der Waals surface area contributed by atoms with Gasteiger partial charge in [-0.2, -0.15) is 0 Å². The molecule has 1 fully saturated rings. The predicted octanol–water partition coefficient (Wildman–Crippen LogP) is 1.63. The molecule has 0 radical (unpaired) electrons. The number of carboxylic acid groups (broad SMARTS) is 1. The predicted molar refractivity (Wildman–Crippen MR) is 93.7 cm³/mol. The maximum absolute atomic E-state index is 12.2. The Morgan fingerprint density at radius 1 is 1.29 bits per heavy atom. The number of hydrogen-bond donors (Lipinski definition) is 2. The van der Waals surface area contributed by atoms with Gasteiger partial charge in [0.15, 0.2) is 9.84 Å². The van der Waals surface area contributed by atoms with E-state index in [1.807, 2.05) is 30.3 Å². The summed E-state index contributed by atoms with van der Waals surface area (Å²) in [5.41, 5.74) is 0.862. The van der Waals surface area contributed by atoms with Gasteiger partial charge in [0.05, 0.1) is 23.3 Å². The minimum absolute atomic E-state index is 0.0325. The summed E-state index contributed by atoms with van der Waals surface area (Å²) in [5, 5.41) is 11.7. The first-order chi connectivity index (χ1) is 11.4. The summed E-state index contributed by atoms with van der Waals surface area (Å²) in [5.74, 6) is -0.612. The Morgan fingerprint density at radius 2 is 2.00 bits per heavy atom. The van der Waals surface area contributed by atoms with Crippen molar-refractivity contribution in [3.8, 4) is 0 Å². The van der Waals surface area contributed by atoms with Crippen LogP contribution >= 0.6 is 11.8 Å². The molecule has 0 bridgehead atoms. The van der Waals surface area contributed by atoms with Crippen molar-refractivity contribution >= 4 is 33.5 Å². The quantitative estimate of drug-likeness (QED) is 0.720. The molecule has 1 aliphatic rings. The summed E-state index contributed by atoms with van der Waals surface area (Å²) in [6.07, 6.45) is 0.864. The second kappa shape index (κ2) is 8.53. The third-order valence-electron chi connectivity index (χ3n) is 3.82. The fraction of sp³-hybridized carbons (Fsp3) is 0.500. The van der Waals surface area contributed by atoms with Crippen molar-refractivity contribution in [3.05, 3.63) is 35.9 Å². The van der Waals surface area contributed by atoms with Crippen LogP contribution < -0.4 is 5.32 Å². The number of aliphatic carboxylic acids is 1. The summed E-state index contributed by atoms with van der Waals surface area (Å²) in [4.78, 5) is 23.0. The van der Waals surface area contributed by atoms with Gasteiger partial charge in [0.2, 0.25) is 5.91 Å². The van der Waals surface area contributed by atoms with Gasteiger partial charge in [0.1, 0.15) is 0 Å². The van der Waals surface area contributed by atoms with E-state index in [1.165, 1.54) is 11.8 Å². The summed E-state index contributed by atoms with van der Waals surface area (Å²) >= 11 is 1.35. The first-order valence-corrected chi connectivity index (χ1v) is 10.6. The minimum Gasteiger partial charge on any atom is -0.481 e. The zero-order valence-electron chi connectivity index (χ0n) is 13.2. The number of amides is 1. The van der Waals surface area contributed by atoms with Gasteiger partial charge in [-0.15, -0.1) is 11.8 Å². The summed E-state index contributed by atoms with van der Waals surface area (Å²) in [6.45, 7) is 0. The fourth-order valence-electron chi connectivity index (χ4n) is 2.60. The molecule has 8 heteroatoms. The van der Waals surface area contributed by atoms with Gasteiger partial charge in [0.25, 0.3) is 0 Å². The minimum atomic E-state index is -2.95. The number of rotatable bonds is 8. The molecule has 6 nitrogen and oxygen atoms in total. The highest BCUT2D eigenvalue weighted by atomic mass is 32.2. The van der Waals surface area contributed by atoms with E-state index < -0.39 is 15.8 Å². The topological polar surface area (TPSA) is 101 Å². The van der Waals surface area contributed by atoms with Crippen LogP contribution in [0.15, 0.2) is 30.3 Å². The molecule has 0 spiro atoms. The van der Waals surface area contributed by atoms with Gasteiger partial charge in [-0.25, -0.2) is 8.42 Å². The molecule has 2 N–H and O–H groups in total. The van der Waals surface area contributed by atoms with E-state index >= 15 is 0 Å². The molecule has 1 saturated heterocycles. The van der Waals surface area contributed by atoms with Crippen molar-refractivity contribution in [1.29, 1.82) is 0 Å². The number of carboxylic acids is 1. The molecule has 1 amide bonds. The number of nitrogens with one attached hydrogen (secondary N) is 1. The standard InChI is InChI=1S/C16H21NO5S2/c18-15(10-23-13-8-9-24(21,22)11-13)17-14(6-7-16(19)20)12-4-2-1-3-5-12/h1-5,13-14H,6-11H2,(H,17,18)(H,19,20). The molecule has 1 heterocycles. The molecule has 0 aromatic heterocycles. The van der Waals surface area contributed by atoms with Gasteiger partial charge in [-0.05, 0) is 18.4 Å². The van der Waals surface area contributed by atoms with Crippen molar-refractivity contribution in [1.82, 2.24) is 5.32 Å². The number of benzene rings is 1. The summed E-state index contributed by atoms with van der Waals surface area (Å²) < 4.78 is 22.9. The number of thioether (sulfide) groups is 1. The van der Waals surface area contributed by atoms with E-state index in [1.54, 1.807) is 0 Å². The van der Waals surface area contributed by atoms with Gasteiger partial charge < -0.3 is 10.4 Å². The lowest BCUT2D eigenvalue weighted by molar-refractivity contribution is -0.137. The van der Waals surface area contributed by atoms with Crippen LogP contribution in [0.5, 0.6) is 0 Å². The molecule has 1 aromatic carbocycles. The fourth-order valence-corrected chi connectivity index (χ4v) is 6.05. The van der Waals surface area contributed by atoms with Crippen LogP contribution in [-0.4, -0.2) is 47.9 Å². The molecule has 1 aromatic rings. The highest BCUT2D eigenvalue weighted by Gasteiger charge is 2.28. The lowest BCUT2D eigenvalue weighted by Crippen LogP contribution is -2.31. The molecule has 24 heavy (non-hydrogen) atoms. The van der Waals surface area contributed by atoms with Crippen LogP contribution in [0.25, 0.3) is 0 Å². The van der Waals surface area contributed by atoms with Crippen LogP contribution in [-0.2, 0) is 19.4 Å². The Hall–Kier alpha value is -1.54. The smallest absolute Gasteiger partial charge is 0.303 e. The van der Waals surface area contributed by atoms with Crippen molar-refractivity contribution < 1.29 is 23.1 Å². The van der Waals surface area contributed by atoms with Crippen molar-refractivity contribution in [2.45, 2.75) is 30.6 Å². The third kappa shape index (κ3) is 6.16. The Balaban J connectivity index is 1.88. The van der Waals surface area contributed by atoms with Crippen LogP contribution in [0.1, 0.15) is 30.9 Å². The normalized spacial score (nSPS) is 20.4. The highest BCUT2D eigenvalue weighted by molar-refractivity contribution is 8.02. The van der Waals surface area contributed by atoms with Crippen LogP contribution in [0, 0.1) is 0 Å². The third-order valence-corrected chi connectivity index (χ3v) is 7.11. The largest absolute Gasteiger partial charge is 0.481 e. The van der Waals surface area contributed by atoms with E-state index in [-0.39, 0.29) is 40.9 Å². The molecular formula is C16H21NO5S2. The first-order valence-electron chi connectivity index (χ1n) is 7.74. The number of carbonyl (C=O) groups is 2. The molecule has 2 atom stereocenters. The maximum atomic E-state index is 12.2. The SMILES string of the molecule is O=C(O)CCC(NC(=O)CSC1CCS(=O)(=O)C1)c1ccccc1. The van der Waals surface area contributed by atoms with Crippen molar-refractivity contribution in [2.75, 3.05) is 17.3 Å². The lowest BCUT2D eigenvalue weighted by Gasteiger charge is -2.19. The second-order valence-electron chi connectivity index (χ2n) is 5.80. The summed E-state index contributed by atoms with van der Waals surface area (Å²) in [6, 6.07) is 8.88. The van der Waals surface area contributed by atoms with Gasteiger partial charge >= 0.3 is 5.97 Å². The lowest BCUT2D eigenvalue weighted by atomic mass is 10.0. The van der Waals surface area contributed by atoms with E-state index in [4.69, 9.17) is 5.11 Å². The van der Waals surface area contributed by atoms with E-state index in [0.717, 1.165) is 5.56 Å².